The topological polar surface area (TPSA) is 12.5 Å². The van der Waals surface area contributed by atoms with E-state index in [9.17, 15) is 0 Å². The van der Waals surface area contributed by atoms with Crippen molar-refractivity contribution in [2.24, 2.45) is 0 Å². The Labute approximate surface area is 122 Å². The summed E-state index contributed by atoms with van der Waals surface area (Å²) >= 11 is 6.28. The summed E-state index contributed by atoms with van der Waals surface area (Å²) in [4.78, 5) is 2.54. The van der Waals surface area contributed by atoms with Crippen LogP contribution < -0.4 is 0 Å². The van der Waals surface area contributed by atoms with Crippen LogP contribution in [0.25, 0.3) is 0 Å². The summed E-state index contributed by atoms with van der Waals surface area (Å²) in [6.45, 7) is 6.46. The highest BCUT2D eigenvalue weighted by Gasteiger charge is 2.15. The van der Waals surface area contributed by atoms with E-state index in [0.717, 1.165) is 43.2 Å². The lowest BCUT2D eigenvalue weighted by Crippen LogP contribution is -2.28. The SMILES string of the molecule is CCC1=C(Cl)CCC=C1OCCN1CCCCCC1. The molecule has 0 bridgehead atoms. The van der Waals surface area contributed by atoms with Crippen LogP contribution in [0.2, 0.25) is 0 Å². The first kappa shape index (κ1) is 14.9. The number of ether oxygens (including phenoxy) is 1. The van der Waals surface area contributed by atoms with Gasteiger partial charge >= 0.3 is 0 Å². The Hall–Kier alpha value is -0.470. The van der Waals surface area contributed by atoms with Gasteiger partial charge in [0.25, 0.3) is 0 Å². The molecule has 1 saturated heterocycles. The maximum Gasteiger partial charge on any atom is 0.119 e. The Balaban J connectivity index is 1.77. The summed E-state index contributed by atoms with van der Waals surface area (Å²) in [5, 5.41) is 0.995. The highest BCUT2D eigenvalue weighted by molar-refractivity contribution is 6.30. The van der Waals surface area contributed by atoms with E-state index in [1.54, 1.807) is 0 Å². The van der Waals surface area contributed by atoms with Crippen LogP contribution in [0.1, 0.15) is 51.9 Å². The molecule has 2 aliphatic rings. The number of rotatable bonds is 5. The van der Waals surface area contributed by atoms with Crippen molar-refractivity contribution in [1.29, 1.82) is 0 Å². The molecule has 0 aromatic rings. The zero-order valence-corrected chi connectivity index (χ0v) is 12.8. The average molecular weight is 284 g/mol. The van der Waals surface area contributed by atoms with Gasteiger partial charge in [0, 0.05) is 17.2 Å². The molecule has 0 spiro atoms. The molecule has 0 aromatic carbocycles. The van der Waals surface area contributed by atoms with E-state index in [2.05, 4.69) is 17.9 Å². The van der Waals surface area contributed by atoms with E-state index in [0.29, 0.717) is 0 Å². The number of hydrogen-bond acceptors (Lipinski definition) is 2. The van der Waals surface area contributed by atoms with Crippen LogP contribution in [0.3, 0.4) is 0 Å². The van der Waals surface area contributed by atoms with Gasteiger partial charge in [-0.15, -0.1) is 0 Å². The normalized spacial score (nSPS) is 22.1. The molecule has 2 rings (SSSR count). The molecule has 1 aliphatic heterocycles. The zero-order chi connectivity index (χ0) is 13.5. The summed E-state index contributed by atoms with van der Waals surface area (Å²) < 4.78 is 5.98. The highest BCUT2D eigenvalue weighted by atomic mass is 35.5. The Morgan fingerprint density at radius 2 is 1.95 bits per heavy atom. The molecule has 0 atom stereocenters. The minimum Gasteiger partial charge on any atom is -0.492 e. The van der Waals surface area contributed by atoms with Crippen molar-refractivity contribution in [3.63, 3.8) is 0 Å². The zero-order valence-electron chi connectivity index (χ0n) is 12.1. The number of nitrogens with zero attached hydrogens (tertiary/aromatic N) is 1. The van der Waals surface area contributed by atoms with Gasteiger partial charge in [0.2, 0.25) is 0 Å². The van der Waals surface area contributed by atoms with E-state index in [1.165, 1.54) is 44.3 Å². The van der Waals surface area contributed by atoms with Crippen molar-refractivity contribution in [2.75, 3.05) is 26.2 Å². The largest absolute Gasteiger partial charge is 0.492 e. The van der Waals surface area contributed by atoms with Crippen molar-refractivity contribution < 1.29 is 4.74 Å². The molecule has 0 N–H and O–H groups in total. The molecule has 2 nitrogen and oxygen atoms in total. The fourth-order valence-electron chi connectivity index (χ4n) is 2.89. The van der Waals surface area contributed by atoms with Gasteiger partial charge in [0.05, 0.1) is 0 Å². The van der Waals surface area contributed by atoms with Crippen LogP contribution in [-0.2, 0) is 4.74 Å². The standard InChI is InChI=1S/C16H26ClNO/c1-2-14-15(17)8-7-9-16(14)19-13-12-18-10-5-3-4-6-11-18/h9H,2-8,10-13H2,1H3. The van der Waals surface area contributed by atoms with Gasteiger partial charge in [0.15, 0.2) is 0 Å². The van der Waals surface area contributed by atoms with Gasteiger partial charge in [-0.25, -0.2) is 0 Å². The molecule has 3 heteroatoms. The molecule has 0 unspecified atom stereocenters. The molecular formula is C16H26ClNO. The predicted octanol–water partition coefficient (Wildman–Crippen LogP) is 4.46. The first-order chi connectivity index (χ1) is 9.31. The second-order valence-corrected chi connectivity index (χ2v) is 5.90. The monoisotopic (exact) mass is 283 g/mol. The third-order valence-electron chi connectivity index (χ3n) is 4.04. The third-order valence-corrected chi connectivity index (χ3v) is 4.45. The number of likely N-dealkylation sites (tertiary alicyclic amines) is 1. The molecule has 0 radical (unpaired) electrons. The van der Waals surface area contributed by atoms with Crippen LogP contribution in [0.4, 0.5) is 0 Å². The van der Waals surface area contributed by atoms with Gasteiger partial charge in [-0.05, 0) is 51.3 Å². The quantitative estimate of drug-likeness (QED) is 0.739. The molecule has 0 saturated carbocycles. The second-order valence-electron chi connectivity index (χ2n) is 5.45. The molecule has 0 aromatic heterocycles. The van der Waals surface area contributed by atoms with Crippen molar-refractivity contribution in [3.8, 4) is 0 Å². The van der Waals surface area contributed by atoms with Gasteiger partial charge in [-0.2, -0.15) is 0 Å². The van der Waals surface area contributed by atoms with Gasteiger partial charge in [-0.1, -0.05) is 31.4 Å². The van der Waals surface area contributed by atoms with Crippen LogP contribution in [0, 0.1) is 0 Å². The molecule has 1 heterocycles. The molecular weight excluding hydrogens is 258 g/mol. The minimum absolute atomic E-state index is 0.791. The Morgan fingerprint density at radius 3 is 2.63 bits per heavy atom. The minimum atomic E-state index is 0.791. The van der Waals surface area contributed by atoms with E-state index in [4.69, 9.17) is 16.3 Å². The van der Waals surface area contributed by atoms with E-state index in [-0.39, 0.29) is 0 Å². The van der Waals surface area contributed by atoms with E-state index < -0.39 is 0 Å². The van der Waals surface area contributed by atoms with Gasteiger partial charge in [-0.3, -0.25) is 4.90 Å². The summed E-state index contributed by atoms with van der Waals surface area (Å²) in [5.74, 6) is 1.04. The molecule has 0 amide bonds. The van der Waals surface area contributed by atoms with Crippen molar-refractivity contribution in [3.05, 3.63) is 22.4 Å². The van der Waals surface area contributed by atoms with Crippen LogP contribution in [-0.4, -0.2) is 31.1 Å². The van der Waals surface area contributed by atoms with Gasteiger partial charge in [0.1, 0.15) is 12.4 Å². The van der Waals surface area contributed by atoms with Crippen molar-refractivity contribution in [1.82, 2.24) is 4.90 Å². The van der Waals surface area contributed by atoms with E-state index >= 15 is 0 Å². The first-order valence-corrected chi connectivity index (χ1v) is 8.12. The average Bonchev–Trinajstić information content (AvgIpc) is 2.68. The van der Waals surface area contributed by atoms with Crippen LogP contribution in [0.5, 0.6) is 0 Å². The lowest BCUT2D eigenvalue weighted by Gasteiger charge is -2.22. The lowest BCUT2D eigenvalue weighted by molar-refractivity contribution is 0.162. The summed E-state index contributed by atoms with van der Waals surface area (Å²) in [5.41, 5.74) is 1.21. The van der Waals surface area contributed by atoms with Crippen LogP contribution in [0.15, 0.2) is 22.4 Å². The lowest BCUT2D eigenvalue weighted by atomic mass is 10.0. The Bertz CT molecular complexity index is 341. The Morgan fingerprint density at radius 1 is 1.21 bits per heavy atom. The predicted molar refractivity (Wildman–Crippen MR) is 81.3 cm³/mol. The number of hydrogen-bond donors (Lipinski definition) is 0. The fraction of sp³-hybridized carbons (Fsp3) is 0.750. The molecule has 1 aliphatic carbocycles. The third kappa shape index (κ3) is 4.54. The molecule has 19 heavy (non-hydrogen) atoms. The molecule has 108 valence electrons. The fourth-order valence-corrected chi connectivity index (χ4v) is 3.23. The van der Waals surface area contributed by atoms with E-state index in [1.807, 2.05) is 0 Å². The maximum absolute atomic E-state index is 6.28. The number of allylic oxidation sites excluding steroid dienone is 3. The smallest absolute Gasteiger partial charge is 0.119 e. The Kier molecular flexibility index (Phi) is 6.25. The van der Waals surface area contributed by atoms with Crippen molar-refractivity contribution >= 4 is 11.6 Å². The summed E-state index contributed by atoms with van der Waals surface area (Å²) in [6, 6.07) is 0. The highest BCUT2D eigenvalue weighted by Crippen LogP contribution is 2.30. The first-order valence-electron chi connectivity index (χ1n) is 7.74. The van der Waals surface area contributed by atoms with Crippen LogP contribution >= 0.6 is 11.6 Å². The van der Waals surface area contributed by atoms with Crippen molar-refractivity contribution in [2.45, 2.75) is 51.9 Å². The second kappa shape index (κ2) is 7.96. The summed E-state index contributed by atoms with van der Waals surface area (Å²) in [6.07, 6.45) is 10.6. The maximum atomic E-state index is 6.28. The number of halogens is 1. The van der Waals surface area contributed by atoms with Gasteiger partial charge < -0.3 is 4.74 Å². The molecule has 1 fully saturated rings. The summed E-state index contributed by atoms with van der Waals surface area (Å²) in [7, 11) is 0.